The van der Waals surface area contributed by atoms with Gasteiger partial charge in [0.15, 0.2) is 0 Å². The molecule has 2 aliphatic rings. The van der Waals surface area contributed by atoms with Crippen LogP contribution in [0.3, 0.4) is 0 Å². The largest absolute Gasteiger partial charge is 0.507 e. The van der Waals surface area contributed by atoms with Gasteiger partial charge in [-0.15, -0.1) is 0 Å². The average molecular weight is 451 g/mol. The molecule has 0 spiro atoms. The van der Waals surface area contributed by atoms with Crippen molar-refractivity contribution in [3.63, 3.8) is 0 Å². The number of aromatic nitrogens is 1. The second kappa shape index (κ2) is 8.98. The van der Waals surface area contributed by atoms with E-state index < -0.39 is 17.7 Å². The zero-order valence-electron chi connectivity index (χ0n) is 19.5. The third-order valence-electron chi connectivity index (χ3n) is 6.25. The number of Topliss-reactive ketones (excluding diaryl/α,β-unsaturated/α-hetero) is 1. The van der Waals surface area contributed by atoms with E-state index in [-0.39, 0.29) is 29.4 Å². The summed E-state index contributed by atoms with van der Waals surface area (Å²) in [4.78, 5) is 32.0. The van der Waals surface area contributed by atoms with Crippen molar-refractivity contribution in [2.75, 3.05) is 20.3 Å². The Morgan fingerprint density at radius 2 is 2.06 bits per heavy atom. The smallest absolute Gasteiger partial charge is 0.295 e. The highest BCUT2D eigenvalue weighted by atomic mass is 16.5. The zero-order chi connectivity index (χ0) is 23.8. The fourth-order valence-electron chi connectivity index (χ4n) is 4.56. The van der Waals surface area contributed by atoms with Crippen molar-refractivity contribution in [2.24, 2.45) is 0 Å². The first-order valence-electron chi connectivity index (χ1n) is 11.2. The summed E-state index contributed by atoms with van der Waals surface area (Å²) in [5.41, 5.74) is 1.83. The molecule has 33 heavy (non-hydrogen) atoms. The molecule has 1 N–H and O–H groups in total. The maximum atomic E-state index is 13.2. The molecule has 0 aliphatic carbocycles. The Morgan fingerprint density at radius 1 is 1.27 bits per heavy atom. The van der Waals surface area contributed by atoms with Gasteiger partial charge in [0, 0.05) is 36.7 Å². The maximum absolute atomic E-state index is 13.2. The van der Waals surface area contributed by atoms with E-state index in [0.717, 1.165) is 18.4 Å². The van der Waals surface area contributed by atoms with Crippen LogP contribution in [0.25, 0.3) is 5.76 Å². The molecule has 174 valence electrons. The number of aliphatic hydroxyl groups is 1. The van der Waals surface area contributed by atoms with Gasteiger partial charge in [0.1, 0.15) is 11.5 Å². The van der Waals surface area contributed by atoms with Crippen molar-refractivity contribution >= 4 is 17.4 Å². The second-order valence-electron chi connectivity index (χ2n) is 9.54. The summed E-state index contributed by atoms with van der Waals surface area (Å²) in [7, 11) is 1.60. The number of aliphatic hydroxyl groups excluding tert-OH is 1. The Hall–Kier alpha value is -3.19. The van der Waals surface area contributed by atoms with Crippen LogP contribution in [-0.2, 0) is 19.7 Å². The highest BCUT2D eigenvalue weighted by molar-refractivity contribution is 6.46. The summed E-state index contributed by atoms with van der Waals surface area (Å²) in [5.74, 6) is -0.843. The lowest BCUT2D eigenvalue weighted by Gasteiger charge is -2.27. The number of benzene rings is 1. The van der Waals surface area contributed by atoms with Crippen LogP contribution >= 0.6 is 0 Å². The van der Waals surface area contributed by atoms with Gasteiger partial charge in [-0.1, -0.05) is 26.8 Å². The number of carbonyl (C=O) groups is 2. The maximum Gasteiger partial charge on any atom is 0.295 e. The molecule has 4 rings (SSSR count). The Balaban J connectivity index is 1.84. The fourth-order valence-corrected chi connectivity index (χ4v) is 4.56. The van der Waals surface area contributed by atoms with Gasteiger partial charge in [0.2, 0.25) is 0 Å². The number of methoxy groups -OCH3 is 1. The highest BCUT2D eigenvalue weighted by Crippen LogP contribution is 2.41. The molecule has 2 aromatic rings. The van der Waals surface area contributed by atoms with E-state index in [1.807, 2.05) is 32.9 Å². The van der Waals surface area contributed by atoms with Gasteiger partial charge < -0.3 is 19.5 Å². The second-order valence-corrected chi connectivity index (χ2v) is 9.54. The fraction of sp³-hybridized carbons (Fsp3) is 0.423. The number of ketones is 1. The SMILES string of the molecule is COc1ccc(/C(O)=C2/C(=O)C(=O)N(CC3CCCO3)C2c2cccnc2)cc1C(C)(C)C. The standard InChI is InChI=1S/C26H30N2O5/c1-26(2,3)19-13-16(9-10-20(19)32-4)23(29)21-22(17-7-5-11-27-14-17)28(25(31)24(21)30)15-18-8-6-12-33-18/h5,7,9-11,13-14,18,22,29H,6,8,12,15H2,1-4H3/b23-21-. The first-order chi connectivity index (χ1) is 15.7. The number of amides is 1. The van der Waals surface area contributed by atoms with Crippen molar-refractivity contribution in [2.45, 2.75) is 51.2 Å². The minimum absolute atomic E-state index is 0.0658. The van der Waals surface area contributed by atoms with Gasteiger partial charge in [0.25, 0.3) is 11.7 Å². The molecule has 7 heteroatoms. The molecule has 1 amide bonds. The van der Waals surface area contributed by atoms with Crippen LogP contribution in [-0.4, -0.2) is 53.0 Å². The number of likely N-dealkylation sites (tertiary alicyclic amines) is 1. The van der Waals surface area contributed by atoms with E-state index in [9.17, 15) is 14.7 Å². The van der Waals surface area contributed by atoms with Crippen LogP contribution in [0, 0.1) is 0 Å². The van der Waals surface area contributed by atoms with Crippen LogP contribution in [0.4, 0.5) is 0 Å². The number of rotatable bonds is 5. The number of carbonyl (C=O) groups excluding carboxylic acids is 2. The lowest BCUT2D eigenvalue weighted by Crippen LogP contribution is -2.36. The summed E-state index contributed by atoms with van der Waals surface area (Å²) in [5, 5.41) is 11.4. The topological polar surface area (TPSA) is 89.0 Å². The molecule has 1 aromatic heterocycles. The lowest BCUT2D eigenvalue weighted by atomic mass is 9.84. The van der Waals surface area contributed by atoms with Gasteiger partial charge in [-0.25, -0.2) is 0 Å². The number of pyridine rings is 1. The first-order valence-corrected chi connectivity index (χ1v) is 11.2. The first kappa shape index (κ1) is 23.0. The van der Waals surface area contributed by atoms with Gasteiger partial charge >= 0.3 is 0 Å². The molecule has 0 bridgehead atoms. The molecule has 1 aromatic carbocycles. The van der Waals surface area contributed by atoms with E-state index in [1.54, 1.807) is 37.7 Å². The Kier molecular flexibility index (Phi) is 6.26. The molecule has 2 atom stereocenters. The lowest BCUT2D eigenvalue weighted by molar-refractivity contribution is -0.140. The zero-order valence-corrected chi connectivity index (χ0v) is 19.5. The number of nitrogens with zero attached hydrogens (tertiary/aromatic N) is 2. The Labute approximate surface area is 194 Å². The minimum Gasteiger partial charge on any atom is -0.507 e. The quantitative estimate of drug-likeness (QED) is 0.421. The minimum atomic E-state index is -0.733. The predicted molar refractivity (Wildman–Crippen MR) is 124 cm³/mol. The molecule has 3 heterocycles. The molecular weight excluding hydrogens is 420 g/mol. The average Bonchev–Trinajstić information content (AvgIpc) is 3.40. The van der Waals surface area contributed by atoms with Gasteiger partial charge in [-0.2, -0.15) is 0 Å². The van der Waals surface area contributed by atoms with Crippen molar-refractivity contribution in [1.82, 2.24) is 9.88 Å². The number of ether oxygens (including phenoxy) is 2. The molecule has 2 saturated heterocycles. The van der Waals surface area contributed by atoms with Crippen molar-refractivity contribution in [1.29, 1.82) is 0 Å². The molecule has 0 radical (unpaired) electrons. The van der Waals surface area contributed by atoms with Crippen molar-refractivity contribution in [3.05, 3.63) is 65.0 Å². The van der Waals surface area contributed by atoms with Gasteiger partial charge in [-0.05, 0) is 48.1 Å². The van der Waals surface area contributed by atoms with E-state index in [0.29, 0.717) is 23.5 Å². The van der Waals surface area contributed by atoms with E-state index in [4.69, 9.17) is 9.47 Å². The molecule has 2 fully saturated rings. The Bertz CT molecular complexity index is 1080. The van der Waals surface area contributed by atoms with Crippen LogP contribution < -0.4 is 4.74 Å². The molecular formula is C26H30N2O5. The Morgan fingerprint density at radius 3 is 2.67 bits per heavy atom. The van der Waals surface area contributed by atoms with E-state index in [1.165, 1.54) is 4.90 Å². The normalized spacial score (nSPS) is 22.7. The van der Waals surface area contributed by atoms with Gasteiger partial charge in [0.05, 0.1) is 24.8 Å². The molecule has 2 unspecified atom stereocenters. The van der Waals surface area contributed by atoms with E-state index >= 15 is 0 Å². The monoisotopic (exact) mass is 450 g/mol. The summed E-state index contributed by atoms with van der Waals surface area (Å²) < 4.78 is 11.2. The van der Waals surface area contributed by atoms with Gasteiger partial charge in [-0.3, -0.25) is 14.6 Å². The van der Waals surface area contributed by atoms with Crippen LogP contribution in [0.5, 0.6) is 5.75 Å². The third kappa shape index (κ3) is 4.37. The van der Waals surface area contributed by atoms with Crippen molar-refractivity contribution < 1.29 is 24.2 Å². The molecule has 2 aliphatic heterocycles. The van der Waals surface area contributed by atoms with Crippen molar-refractivity contribution in [3.8, 4) is 5.75 Å². The summed E-state index contributed by atoms with van der Waals surface area (Å²) >= 11 is 0. The number of hydrogen-bond acceptors (Lipinski definition) is 6. The summed E-state index contributed by atoms with van der Waals surface area (Å²) in [6.45, 7) is 7.07. The summed E-state index contributed by atoms with van der Waals surface area (Å²) in [6.07, 6.45) is 4.88. The highest BCUT2D eigenvalue weighted by Gasteiger charge is 2.47. The number of hydrogen-bond donors (Lipinski definition) is 1. The van der Waals surface area contributed by atoms with Crippen LogP contribution in [0.15, 0.2) is 48.3 Å². The summed E-state index contributed by atoms with van der Waals surface area (Å²) in [6, 6.07) is 8.14. The third-order valence-corrected chi connectivity index (χ3v) is 6.25. The van der Waals surface area contributed by atoms with Crippen LogP contribution in [0.2, 0.25) is 0 Å². The predicted octanol–water partition coefficient (Wildman–Crippen LogP) is 3.99. The molecule has 0 saturated carbocycles. The van der Waals surface area contributed by atoms with Crippen LogP contribution in [0.1, 0.15) is 56.3 Å². The van der Waals surface area contributed by atoms with E-state index in [2.05, 4.69) is 4.98 Å². The molecule has 7 nitrogen and oxygen atoms in total.